The lowest BCUT2D eigenvalue weighted by Crippen LogP contribution is -2.43. The molecule has 0 aromatic heterocycles. The van der Waals surface area contributed by atoms with Crippen LogP contribution in [0, 0.1) is 11.3 Å². The zero-order valence-corrected chi connectivity index (χ0v) is 11.3. The number of hydrazine groups is 1. The molecule has 1 fully saturated rings. The Morgan fingerprint density at radius 2 is 1.83 bits per heavy atom. The molecule has 0 aromatic rings. The predicted octanol–water partition coefficient (Wildman–Crippen LogP) is 3.77. The van der Waals surface area contributed by atoms with Crippen molar-refractivity contribution >= 4 is 0 Å². The first kappa shape index (κ1) is 15.8. The number of rotatable bonds is 5. The third-order valence-corrected chi connectivity index (χ3v) is 4.14. The molecular formula is C13H25F3N2. The van der Waals surface area contributed by atoms with Crippen molar-refractivity contribution in [3.63, 3.8) is 0 Å². The van der Waals surface area contributed by atoms with Gasteiger partial charge in [0.05, 0.1) is 0 Å². The van der Waals surface area contributed by atoms with Crippen LogP contribution < -0.4 is 11.3 Å². The van der Waals surface area contributed by atoms with E-state index >= 15 is 0 Å². The van der Waals surface area contributed by atoms with Crippen LogP contribution in [0.2, 0.25) is 0 Å². The van der Waals surface area contributed by atoms with E-state index in [1.54, 1.807) is 0 Å². The van der Waals surface area contributed by atoms with Gasteiger partial charge in [-0.15, -0.1) is 0 Å². The van der Waals surface area contributed by atoms with Crippen LogP contribution in [0.25, 0.3) is 0 Å². The molecular weight excluding hydrogens is 241 g/mol. The molecule has 18 heavy (non-hydrogen) atoms. The molecule has 2 nitrogen and oxygen atoms in total. The topological polar surface area (TPSA) is 38.0 Å². The first-order valence-electron chi connectivity index (χ1n) is 6.76. The van der Waals surface area contributed by atoms with E-state index in [4.69, 9.17) is 5.84 Å². The molecule has 1 aliphatic rings. The summed E-state index contributed by atoms with van der Waals surface area (Å²) in [6.07, 6.45) is 0.322. The minimum atomic E-state index is -4.05. The summed E-state index contributed by atoms with van der Waals surface area (Å²) in [7, 11) is 0. The normalized spacial score (nSPS) is 23.0. The molecule has 0 aliphatic heterocycles. The fourth-order valence-electron chi connectivity index (χ4n) is 2.80. The van der Waals surface area contributed by atoms with Crippen LogP contribution in [0.1, 0.15) is 58.8 Å². The molecule has 1 saturated carbocycles. The quantitative estimate of drug-likeness (QED) is 0.587. The standard InChI is InChI=1S/C13H25F3N2/c1-12(2)8-5-10(6-9-12)11(18-17)4-3-7-13(14,15)16/h10-11,18H,3-9,17H2,1-2H3. The van der Waals surface area contributed by atoms with Gasteiger partial charge in [0.2, 0.25) is 0 Å². The van der Waals surface area contributed by atoms with Gasteiger partial charge in [-0.25, -0.2) is 0 Å². The molecule has 0 saturated heterocycles. The molecule has 1 aliphatic carbocycles. The Hall–Kier alpha value is -0.290. The van der Waals surface area contributed by atoms with Gasteiger partial charge in [-0.05, 0) is 49.9 Å². The van der Waals surface area contributed by atoms with E-state index in [0.29, 0.717) is 17.8 Å². The van der Waals surface area contributed by atoms with Crippen LogP contribution in [0.4, 0.5) is 13.2 Å². The SMILES string of the molecule is CC1(C)CCC(C(CCCC(F)(F)F)NN)CC1. The van der Waals surface area contributed by atoms with Gasteiger partial charge in [0.15, 0.2) is 0 Å². The summed E-state index contributed by atoms with van der Waals surface area (Å²) in [5.41, 5.74) is 3.09. The van der Waals surface area contributed by atoms with Gasteiger partial charge < -0.3 is 0 Å². The third kappa shape index (κ3) is 5.57. The minimum absolute atomic E-state index is 0.0310. The van der Waals surface area contributed by atoms with Crippen LogP contribution >= 0.6 is 0 Å². The Labute approximate surface area is 107 Å². The van der Waals surface area contributed by atoms with E-state index < -0.39 is 12.6 Å². The zero-order chi connectivity index (χ0) is 13.8. The Bertz CT molecular complexity index is 241. The van der Waals surface area contributed by atoms with Gasteiger partial charge >= 0.3 is 6.18 Å². The maximum Gasteiger partial charge on any atom is 0.389 e. The minimum Gasteiger partial charge on any atom is -0.271 e. The highest BCUT2D eigenvalue weighted by Crippen LogP contribution is 2.40. The lowest BCUT2D eigenvalue weighted by Gasteiger charge is -2.37. The molecule has 1 rings (SSSR count). The Morgan fingerprint density at radius 1 is 1.28 bits per heavy atom. The third-order valence-electron chi connectivity index (χ3n) is 4.14. The van der Waals surface area contributed by atoms with Gasteiger partial charge in [-0.2, -0.15) is 13.2 Å². The van der Waals surface area contributed by atoms with Crippen LogP contribution in [0.3, 0.4) is 0 Å². The van der Waals surface area contributed by atoms with E-state index in [9.17, 15) is 13.2 Å². The van der Waals surface area contributed by atoms with Crippen molar-refractivity contribution in [1.29, 1.82) is 0 Å². The lowest BCUT2D eigenvalue weighted by atomic mass is 9.70. The maximum absolute atomic E-state index is 12.1. The van der Waals surface area contributed by atoms with Crippen molar-refractivity contribution in [2.75, 3.05) is 0 Å². The van der Waals surface area contributed by atoms with E-state index in [-0.39, 0.29) is 12.5 Å². The Kier molecular flexibility index (Phi) is 5.46. The zero-order valence-electron chi connectivity index (χ0n) is 11.3. The summed E-state index contributed by atoms with van der Waals surface area (Å²) in [6, 6.07) is 0.0310. The summed E-state index contributed by atoms with van der Waals surface area (Å²) in [5, 5.41) is 0. The van der Waals surface area contributed by atoms with Gasteiger partial charge in [-0.3, -0.25) is 11.3 Å². The number of hydrogen-bond acceptors (Lipinski definition) is 2. The average Bonchev–Trinajstić information content (AvgIpc) is 2.24. The van der Waals surface area contributed by atoms with Crippen LogP contribution in [-0.2, 0) is 0 Å². The fourth-order valence-corrected chi connectivity index (χ4v) is 2.80. The molecule has 5 heteroatoms. The summed E-state index contributed by atoms with van der Waals surface area (Å²) in [4.78, 5) is 0. The highest BCUT2D eigenvalue weighted by atomic mass is 19.4. The summed E-state index contributed by atoms with van der Waals surface area (Å²) in [5.74, 6) is 5.92. The molecule has 0 heterocycles. The molecule has 0 bridgehead atoms. The number of hydrogen-bond donors (Lipinski definition) is 2. The molecule has 1 unspecified atom stereocenters. The number of halogens is 3. The number of nitrogens with two attached hydrogens (primary N) is 1. The summed E-state index contributed by atoms with van der Waals surface area (Å²) < 4.78 is 36.3. The van der Waals surface area contributed by atoms with Crippen molar-refractivity contribution in [2.45, 2.75) is 71.0 Å². The second-order valence-corrected chi connectivity index (χ2v) is 6.28. The van der Waals surface area contributed by atoms with E-state index in [2.05, 4.69) is 19.3 Å². The van der Waals surface area contributed by atoms with E-state index in [0.717, 1.165) is 25.7 Å². The van der Waals surface area contributed by atoms with Gasteiger partial charge in [0.25, 0.3) is 0 Å². The highest BCUT2D eigenvalue weighted by Gasteiger charge is 2.32. The van der Waals surface area contributed by atoms with E-state index in [1.165, 1.54) is 0 Å². The van der Waals surface area contributed by atoms with Crippen molar-refractivity contribution in [3.8, 4) is 0 Å². The van der Waals surface area contributed by atoms with Crippen molar-refractivity contribution < 1.29 is 13.2 Å². The smallest absolute Gasteiger partial charge is 0.271 e. The van der Waals surface area contributed by atoms with Gasteiger partial charge in [0, 0.05) is 12.5 Å². The molecule has 108 valence electrons. The Morgan fingerprint density at radius 3 is 2.28 bits per heavy atom. The average molecular weight is 266 g/mol. The van der Waals surface area contributed by atoms with Crippen molar-refractivity contribution in [1.82, 2.24) is 5.43 Å². The maximum atomic E-state index is 12.1. The second-order valence-electron chi connectivity index (χ2n) is 6.28. The van der Waals surface area contributed by atoms with Crippen molar-refractivity contribution in [2.24, 2.45) is 17.2 Å². The largest absolute Gasteiger partial charge is 0.389 e. The number of nitrogens with one attached hydrogen (secondary N) is 1. The molecule has 1 atom stereocenters. The van der Waals surface area contributed by atoms with Crippen LogP contribution in [0.15, 0.2) is 0 Å². The first-order valence-corrected chi connectivity index (χ1v) is 6.76. The number of alkyl halides is 3. The monoisotopic (exact) mass is 266 g/mol. The van der Waals surface area contributed by atoms with E-state index in [1.807, 2.05) is 0 Å². The fraction of sp³-hybridized carbons (Fsp3) is 1.00. The van der Waals surface area contributed by atoms with Crippen molar-refractivity contribution in [3.05, 3.63) is 0 Å². The Balaban J connectivity index is 2.33. The van der Waals surface area contributed by atoms with Gasteiger partial charge in [-0.1, -0.05) is 13.8 Å². The molecule has 3 N–H and O–H groups in total. The van der Waals surface area contributed by atoms with Crippen LogP contribution in [-0.4, -0.2) is 12.2 Å². The second kappa shape index (κ2) is 6.24. The molecule has 0 amide bonds. The van der Waals surface area contributed by atoms with Gasteiger partial charge in [0.1, 0.15) is 0 Å². The molecule has 0 spiro atoms. The predicted molar refractivity (Wildman–Crippen MR) is 66.8 cm³/mol. The highest BCUT2D eigenvalue weighted by molar-refractivity contribution is 4.84. The summed E-state index contributed by atoms with van der Waals surface area (Å²) >= 11 is 0. The van der Waals surface area contributed by atoms with Crippen LogP contribution in [0.5, 0.6) is 0 Å². The molecule has 0 aromatic carbocycles. The lowest BCUT2D eigenvalue weighted by molar-refractivity contribution is -0.136. The molecule has 0 radical (unpaired) electrons. The summed E-state index contributed by atoms with van der Waals surface area (Å²) in [6.45, 7) is 4.50. The first-order chi connectivity index (χ1) is 8.23.